The fraction of sp³-hybridized carbons (Fsp3) is 0.565. The van der Waals surface area contributed by atoms with Gasteiger partial charge in [-0.3, -0.25) is 4.90 Å². The molecule has 0 aliphatic carbocycles. The van der Waals surface area contributed by atoms with E-state index in [2.05, 4.69) is 57.0 Å². The third-order valence-electron chi connectivity index (χ3n) is 5.84. The van der Waals surface area contributed by atoms with E-state index in [9.17, 15) is 4.79 Å². The molecule has 1 amide bonds. The first-order valence-electron chi connectivity index (χ1n) is 10.5. The predicted octanol–water partition coefficient (Wildman–Crippen LogP) is 6.88. The van der Waals surface area contributed by atoms with Crippen molar-refractivity contribution in [2.24, 2.45) is 0 Å². The first-order chi connectivity index (χ1) is 13.8. The molecule has 7 heteroatoms. The van der Waals surface area contributed by atoms with Crippen LogP contribution in [-0.2, 0) is 9.16 Å². The molecular weight excluding hydrogens is 412 g/mol. The average molecular weight is 447 g/mol. The van der Waals surface area contributed by atoms with Crippen LogP contribution in [0.3, 0.4) is 0 Å². The Morgan fingerprint density at radius 2 is 1.90 bits per heavy atom. The van der Waals surface area contributed by atoms with Crippen molar-refractivity contribution in [3.63, 3.8) is 0 Å². The zero-order chi connectivity index (χ0) is 22.3. The number of amides is 1. The van der Waals surface area contributed by atoms with Gasteiger partial charge in [-0.2, -0.15) is 0 Å². The molecule has 1 aliphatic rings. The van der Waals surface area contributed by atoms with E-state index in [1.807, 2.05) is 38.6 Å². The first kappa shape index (κ1) is 23.0. The summed E-state index contributed by atoms with van der Waals surface area (Å²) in [4.78, 5) is 19.3. The van der Waals surface area contributed by atoms with Crippen LogP contribution in [0.25, 0.3) is 10.2 Å². The summed E-state index contributed by atoms with van der Waals surface area (Å²) in [5, 5.41) is 0.0777. The largest absolute Gasteiger partial charge is 0.443 e. The number of carbonyl (C=O) groups excluding carboxylic acids is 1. The van der Waals surface area contributed by atoms with Crippen LogP contribution in [0, 0.1) is 0 Å². The number of aromatic nitrogens is 1. The molecule has 30 heavy (non-hydrogen) atoms. The number of fused-ring (bicyclic) bond motifs is 1. The van der Waals surface area contributed by atoms with Crippen molar-refractivity contribution in [2.75, 3.05) is 0 Å². The van der Waals surface area contributed by atoms with Crippen LogP contribution in [0.4, 0.5) is 4.79 Å². The highest BCUT2D eigenvalue weighted by atomic mass is 32.1. The highest BCUT2D eigenvalue weighted by Crippen LogP contribution is 2.42. The number of ether oxygens (including phenoxy) is 1. The Labute approximate surface area is 185 Å². The van der Waals surface area contributed by atoms with Gasteiger partial charge in [0.1, 0.15) is 5.60 Å². The van der Waals surface area contributed by atoms with Gasteiger partial charge in [0.2, 0.25) is 0 Å². The fourth-order valence-corrected chi connectivity index (χ4v) is 5.29. The predicted molar refractivity (Wildman–Crippen MR) is 126 cm³/mol. The number of hydrogen-bond acceptors (Lipinski definition) is 5. The molecule has 2 unspecified atom stereocenters. The lowest BCUT2D eigenvalue weighted by atomic mass is 9.95. The van der Waals surface area contributed by atoms with E-state index in [0.29, 0.717) is 0 Å². The van der Waals surface area contributed by atoms with Gasteiger partial charge >= 0.3 is 6.09 Å². The van der Waals surface area contributed by atoms with Gasteiger partial charge in [-0.1, -0.05) is 32.9 Å². The van der Waals surface area contributed by atoms with Crippen molar-refractivity contribution in [2.45, 2.75) is 83.8 Å². The van der Waals surface area contributed by atoms with Crippen LogP contribution in [0.15, 0.2) is 36.0 Å². The molecule has 0 spiro atoms. The summed E-state index contributed by atoms with van der Waals surface area (Å²) >= 11 is 1.62. The number of carbonyl (C=O) groups is 1. The second-order valence-electron chi connectivity index (χ2n) is 10.4. The quantitative estimate of drug-likeness (QED) is 0.482. The van der Waals surface area contributed by atoms with Crippen molar-refractivity contribution in [3.8, 4) is 0 Å². The molecule has 0 fully saturated rings. The monoisotopic (exact) mass is 446 g/mol. The Morgan fingerprint density at radius 3 is 2.53 bits per heavy atom. The lowest BCUT2D eigenvalue weighted by molar-refractivity contribution is 0.00684. The van der Waals surface area contributed by atoms with E-state index < -0.39 is 13.9 Å². The summed E-state index contributed by atoms with van der Waals surface area (Å²) < 4.78 is 13.7. The van der Waals surface area contributed by atoms with Crippen LogP contribution >= 0.6 is 11.3 Å². The summed E-state index contributed by atoms with van der Waals surface area (Å²) in [6.45, 7) is 16.9. The van der Waals surface area contributed by atoms with E-state index in [1.165, 1.54) is 0 Å². The molecule has 0 radical (unpaired) electrons. The minimum Gasteiger partial charge on any atom is -0.443 e. The molecule has 2 aromatic rings. The van der Waals surface area contributed by atoms with Gasteiger partial charge in [-0.05, 0) is 63.0 Å². The SMILES string of the molecule is CC(C)(C)OC(=O)N1C=CCC(O[Si](C)(C)C(C)(C)C)C1c1ccc2scnc2c1. The Kier molecular flexibility index (Phi) is 6.20. The molecular formula is C23H34N2O3SSi. The smallest absolute Gasteiger partial charge is 0.414 e. The standard InChI is InChI=1S/C23H34N2O3SSi/c1-22(2,3)27-21(26)25-13-9-10-18(28-30(7,8)23(4,5)6)20(25)16-11-12-19-17(14-16)24-15-29-19/h9,11-15,18,20H,10H2,1-8H3. The molecule has 2 atom stereocenters. The summed E-state index contributed by atoms with van der Waals surface area (Å²) in [6.07, 6.45) is 4.12. The second kappa shape index (κ2) is 8.09. The fourth-order valence-electron chi connectivity index (χ4n) is 3.30. The third kappa shape index (κ3) is 4.95. The van der Waals surface area contributed by atoms with Crippen molar-refractivity contribution in [3.05, 3.63) is 41.5 Å². The van der Waals surface area contributed by atoms with Crippen LogP contribution in [0.2, 0.25) is 18.1 Å². The molecule has 0 bridgehead atoms. The molecule has 1 aromatic carbocycles. The highest BCUT2D eigenvalue weighted by molar-refractivity contribution is 7.16. The minimum absolute atomic E-state index is 0.0777. The number of benzene rings is 1. The van der Waals surface area contributed by atoms with Gasteiger partial charge < -0.3 is 9.16 Å². The van der Waals surface area contributed by atoms with Crippen LogP contribution in [-0.4, -0.2) is 36.0 Å². The second-order valence-corrected chi connectivity index (χ2v) is 16.1. The number of rotatable bonds is 3. The van der Waals surface area contributed by atoms with E-state index in [0.717, 1.165) is 22.2 Å². The van der Waals surface area contributed by atoms with E-state index in [-0.39, 0.29) is 23.3 Å². The van der Waals surface area contributed by atoms with Crippen LogP contribution in [0.1, 0.15) is 59.6 Å². The first-order valence-corrected chi connectivity index (χ1v) is 14.3. The molecule has 0 N–H and O–H groups in total. The molecule has 0 saturated heterocycles. The number of hydrogen-bond donors (Lipinski definition) is 0. The Balaban J connectivity index is 2.02. The zero-order valence-electron chi connectivity index (χ0n) is 19.4. The van der Waals surface area contributed by atoms with Crippen molar-refractivity contribution < 1.29 is 14.0 Å². The summed E-state index contributed by atoms with van der Waals surface area (Å²) in [5.41, 5.74) is 3.25. The van der Waals surface area contributed by atoms with Crippen molar-refractivity contribution in [1.82, 2.24) is 9.88 Å². The molecule has 5 nitrogen and oxygen atoms in total. The van der Waals surface area contributed by atoms with Gasteiger partial charge in [-0.25, -0.2) is 9.78 Å². The van der Waals surface area contributed by atoms with Crippen LogP contribution < -0.4 is 0 Å². The maximum absolute atomic E-state index is 13.1. The molecule has 0 saturated carbocycles. The van der Waals surface area contributed by atoms with E-state index in [4.69, 9.17) is 9.16 Å². The molecule has 164 valence electrons. The average Bonchev–Trinajstić information content (AvgIpc) is 3.06. The van der Waals surface area contributed by atoms with E-state index >= 15 is 0 Å². The Hall–Kier alpha value is -1.70. The Morgan fingerprint density at radius 1 is 1.20 bits per heavy atom. The lowest BCUT2D eigenvalue weighted by Gasteiger charge is -2.45. The summed E-state index contributed by atoms with van der Waals surface area (Å²) in [5.74, 6) is 0. The number of nitrogens with zero attached hydrogens (tertiary/aromatic N) is 2. The molecule has 1 aliphatic heterocycles. The maximum Gasteiger partial charge on any atom is 0.414 e. The lowest BCUT2D eigenvalue weighted by Crippen LogP contribution is -2.50. The normalized spacial score (nSPS) is 20.6. The van der Waals surface area contributed by atoms with Gasteiger partial charge in [0.25, 0.3) is 0 Å². The summed E-state index contributed by atoms with van der Waals surface area (Å²) in [7, 11) is -2.05. The van der Waals surface area contributed by atoms with Gasteiger partial charge in [-0.15, -0.1) is 11.3 Å². The molecule has 3 rings (SSSR count). The van der Waals surface area contributed by atoms with E-state index in [1.54, 1.807) is 16.2 Å². The van der Waals surface area contributed by atoms with Crippen LogP contribution in [0.5, 0.6) is 0 Å². The van der Waals surface area contributed by atoms with Gasteiger partial charge in [0.05, 0.1) is 27.9 Å². The Bertz CT molecular complexity index is 940. The third-order valence-corrected chi connectivity index (χ3v) is 11.2. The summed E-state index contributed by atoms with van der Waals surface area (Å²) in [6, 6.07) is 5.99. The van der Waals surface area contributed by atoms with Crippen molar-refractivity contribution in [1.29, 1.82) is 0 Å². The number of thiazole rings is 1. The minimum atomic E-state index is -2.05. The van der Waals surface area contributed by atoms with Crippen molar-refractivity contribution >= 4 is 36.0 Å². The maximum atomic E-state index is 13.1. The zero-order valence-corrected chi connectivity index (χ0v) is 21.2. The topological polar surface area (TPSA) is 51.7 Å². The van der Waals surface area contributed by atoms with Gasteiger partial charge in [0, 0.05) is 6.20 Å². The highest BCUT2D eigenvalue weighted by Gasteiger charge is 2.44. The van der Waals surface area contributed by atoms with Gasteiger partial charge in [0.15, 0.2) is 8.32 Å². The molecule has 2 heterocycles. The molecule has 1 aromatic heterocycles.